The van der Waals surface area contributed by atoms with E-state index in [1.807, 2.05) is 67.6 Å². The number of rotatable bonds is 7. The number of amides is 1. The molecule has 136 valence electrons. The number of nitrogens with zero attached hydrogens (tertiary/aromatic N) is 1. The van der Waals surface area contributed by atoms with Gasteiger partial charge in [0.2, 0.25) is 0 Å². The van der Waals surface area contributed by atoms with E-state index in [0.717, 1.165) is 17.1 Å². The van der Waals surface area contributed by atoms with Crippen LogP contribution in [0.5, 0.6) is 17.2 Å². The van der Waals surface area contributed by atoms with Crippen molar-refractivity contribution in [1.82, 2.24) is 5.43 Å². The van der Waals surface area contributed by atoms with Crippen LogP contribution in [0.25, 0.3) is 0 Å². The minimum atomic E-state index is -0.295. The summed E-state index contributed by atoms with van der Waals surface area (Å²) in [4.78, 5) is 12.1. The first-order chi connectivity index (χ1) is 13.2. The van der Waals surface area contributed by atoms with Crippen molar-refractivity contribution < 1.29 is 14.3 Å². The van der Waals surface area contributed by atoms with E-state index in [2.05, 4.69) is 10.5 Å². The van der Waals surface area contributed by atoms with Gasteiger partial charge in [-0.15, -0.1) is 0 Å². The minimum absolute atomic E-state index is 0.295. The molecule has 5 heteroatoms. The van der Waals surface area contributed by atoms with Gasteiger partial charge in [-0.25, -0.2) is 5.43 Å². The van der Waals surface area contributed by atoms with Crippen molar-refractivity contribution in [2.24, 2.45) is 5.10 Å². The van der Waals surface area contributed by atoms with Gasteiger partial charge in [0.05, 0.1) is 12.8 Å². The van der Waals surface area contributed by atoms with E-state index in [0.29, 0.717) is 17.9 Å². The molecule has 5 nitrogen and oxygen atoms in total. The number of hydrogen-bond donors (Lipinski definition) is 1. The molecule has 0 aliphatic heterocycles. The molecule has 0 aromatic heterocycles. The fourth-order valence-electron chi connectivity index (χ4n) is 2.37. The summed E-state index contributed by atoms with van der Waals surface area (Å²) in [6.45, 7) is 2.44. The molecule has 0 saturated heterocycles. The summed E-state index contributed by atoms with van der Waals surface area (Å²) >= 11 is 0. The van der Waals surface area contributed by atoms with Crippen molar-refractivity contribution in [2.75, 3.05) is 6.61 Å². The first-order valence-corrected chi connectivity index (χ1v) is 8.64. The van der Waals surface area contributed by atoms with E-state index in [1.165, 1.54) is 0 Å². The van der Waals surface area contributed by atoms with Crippen molar-refractivity contribution in [3.63, 3.8) is 0 Å². The summed E-state index contributed by atoms with van der Waals surface area (Å²) < 4.78 is 11.1. The van der Waals surface area contributed by atoms with Crippen molar-refractivity contribution in [1.29, 1.82) is 0 Å². The van der Waals surface area contributed by atoms with Crippen molar-refractivity contribution in [3.8, 4) is 17.2 Å². The van der Waals surface area contributed by atoms with Gasteiger partial charge in [-0.1, -0.05) is 24.3 Å². The normalized spacial score (nSPS) is 10.6. The Balaban J connectivity index is 1.56. The van der Waals surface area contributed by atoms with E-state index in [4.69, 9.17) is 9.47 Å². The maximum atomic E-state index is 12.1. The largest absolute Gasteiger partial charge is 0.494 e. The molecule has 0 spiro atoms. The Labute approximate surface area is 158 Å². The number of carbonyl (C=O) groups excluding carboxylic acids is 1. The molecule has 0 unspecified atom stereocenters. The highest BCUT2D eigenvalue weighted by Gasteiger charge is 2.05. The summed E-state index contributed by atoms with van der Waals surface area (Å²) in [5.41, 5.74) is 3.85. The molecule has 0 saturated carbocycles. The third kappa shape index (κ3) is 5.44. The third-order valence-electron chi connectivity index (χ3n) is 3.65. The van der Waals surface area contributed by atoms with Gasteiger partial charge in [-0.3, -0.25) is 4.79 Å². The molecule has 0 heterocycles. The van der Waals surface area contributed by atoms with Crippen LogP contribution in [-0.2, 0) is 0 Å². The lowest BCUT2D eigenvalue weighted by atomic mass is 10.2. The predicted octanol–water partition coefficient (Wildman–Crippen LogP) is 4.64. The number of ether oxygens (including phenoxy) is 2. The molecule has 0 atom stereocenters. The van der Waals surface area contributed by atoms with E-state index in [1.54, 1.807) is 24.4 Å². The van der Waals surface area contributed by atoms with Gasteiger partial charge in [0, 0.05) is 5.56 Å². The van der Waals surface area contributed by atoms with Crippen LogP contribution >= 0.6 is 0 Å². The lowest BCUT2D eigenvalue weighted by Crippen LogP contribution is -2.17. The van der Waals surface area contributed by atoms with E-state index >= 15 is 0 Å². The van der Waals surface area contributed by atoms with Crippen molar-refractivity contribution >= 4 is 12.1 Å². The fraction of sp³-hybridized carbons (Fsp3) is 0.0909. The summed E-state index contributed by atoms with van der Waals surface area (Å²) in [5.74, 6) is 1.87. The van der Waals surface area contributed by atoms with Crippen LogP contribution in [0, 0.1) is 0 Å². The van der Waals surface area contributed by atoms with Crippen LogP contribution in [0.2, 0.25) is 0 Å². The van der Waals surface area contributed by atoms with Crippen LogP contribution in [0.4, 0.5) is 0 Å². The highest BCUT2D eigenvalue weighted by molar-refractivity contribution is 5.95. The smallest absolute Gasteiger partial charge is 0.271 e. The average molecular weight is 360 g/mol. The molecule has 1 amide bonds. The Hall–Kier alpha value is -3.60. The lowest BCUT2D eigenvalue weighted by molar-refractivity contribution is 0.0954. The third-order valence-corrected chi connectivity index (χ3v) is 3.65. The Kier molecular flexibility index (Phi) is 6.20. The van der Waals surface area contributed by atoms with Crippen LogP contribution in [0.1, 0.15) is 22.8 Å². The minimum Gasteiger partial charge on any atom is -0.494 e. The summed E-state index contributed by atoms with van der Waals surface area (Å²) in [6, 6.07) is 24.0. The van der Waals surface area contributed by atoms with Gasteiger partial charge in [0.25, 0.3) is 5.91 Å². The number of nitrogens with one attached hydrogen (secondary N) is 1. The zero-order valence-corrected chi connectivity index (χ0v) is 15.0. The van der Waals surface area contributed by atoms with Gasteiger partial charge in [0.15, 0.2) is 0 Å². The van der Waals surface area contributed by atoms with Crippen LogP contribution < -0.4 is 14.9 Å². The zero-order chi connectivity index (χ0) is 18.9. The molecule has 0 bridgehead atoms. The first kappa shape index (κ1) is 18.2. The topological polar surface area (TPSA) is 59.9 Å². The molecule has 1 N–H and O–H groups in total. The maximum Gasteiger partial charge on any atom is 0.271 e. The van der Waals surface area contributed by atoms with Gasteiger partial charge in [-0.05, 0) is 67.1 Å². The number of para-hydroxylation sites is 1. The summed E-state index contributed by atoms with van der Waals surface area (Å²) in [6.07, 6.45) is 1.58. The summed E-state index contributed by atoms with van der Waals surface area (Å²) in [7, 11) is 0. The molecular formula is C22H20N2O3. The molecule has 0 fully saturated rings. The molecule has 3 aromatic rings. The van der Waals surface area contributed by atoms with E-state index < -0.39 is 0 Å². The molecule has 27 heavy (non-hydrogen) atoms. The standard InChI is InChI=1S/C22H20N2O3/c1-2-26-21-10-6-7-18(15-21)22(25)24-23-16-17-11-13-20(14-12-17)27-19-8-4-3-5-9-19/h3-16H,2H2,1H3,(H,24,25). The van der Waals surface area contributed by atoms with Gasteiger partial charge >= 0.3 is 0 Å². The maximum absolute atomic E-state index is 12.1. The van der Waals surface area contributed by atoms with E-state index in [-0.39, 0.29) is 5.91 Å². The fourth-order valence-corrected chi connectivity index (χ4v) is 2.37. The highest BCUT2D eigenvalue weighted by atomic mass is 16.5. The Morgan fingerprint density at radius 1 is 0.926 bits per heavy atom. The number of hydrogen-bond acceptors (Lipinski definition) is 4. The van der Waals surface area contributed by atoms with E-state index in [9.17, 15) is 4.79 Å². The molecule has 0 radical (unpaired) electrons. The first-order valence-electron chi connectivity index (χ1n) is 8.64. The number of hydrazone groups is 1. The van der Waals surface area contributed by atoms with Crippen LogP contribution in [0.3, 0.4) is 0 Å². The predicted molar refractivity (Wildman–Crippen MR) is 106 cm³/mol. The lowest BCUT2D eigenvalue weighted by Gasteiger charge is -2.05. The molecular weight excluding hydrogens is 340 g/mol. The van der Waals surface area contributed by atoms with Crippen molar-refractivity contribution in [2.45, 2.75) is 6.92 Å². The quantitative estimate of drug-likeness (QED) is 0.493. The second kappa shape index (κ2) is 9.20. The second-order valence-electron chi connectivity index (χ2n) is 5.64. The van der Waals surface area contributed by atoms with Crippen LogP contribution in [-0.4, -0.2) is 18.7 Å². The highest BCUT2D eigenvalue weighted by Crippen LogP contribution is 2.20. The van der Waals surface area contributed by atoms with Gasteiger partial charge in [-0.2, -0.15) is 5.10 Å². The Morgan fingerprint density at radius 3 is 2.37 bits per heavy atom. The molecule has 3 rings (SSSR count). The SMILES string of the molecule is CCOc1cccc(C(=O)NN=Cc2ccc(Oc3ccccc3)cc2)c1. The van der Waals surface area contributed by atoms with Crippen LogP contribution in [0.15, 0.2) is 84.0 Å². The van der Waals surface area contributed by atoms with Gasteiger partial charge in [0.1, 0.15) is 17.2 Å². The zero-order valence-electron chi connectivity index (χ0n) is 15.0. The second-order valence-corrected chi connectivity index (χ2v) is 5.64. The number of benzene rings is 3. The monoisotopic (exact) mass is 360 g/mol. The Bertz CT molecular complexity index is 906. The number of carbonyl (C=O) groups is 1. The Morgan fingerprint density at radius 2 is 1.63 bits per heavy atom. The van der Waals surface area contributed by atoms with Crippen molar-refractivity contribution in [3.05, 3.63) is 90.0 Å². The molecule has 0 aliphatic rings. The molecule has 0 aliphatic carbocycles. The average Bonchev–Trinajstić information content (AvgIpc) is 2.70. The molecule has 3 aromatic carbocycles. The van der Waals surface area contributed by atoms with Gasteiger partial charge < -0.3 is 9.47 Å². The summed E-state index contributed by atoms with van der Waals surface area (Å²) in [5, 5.41) is 4.00.